The number of carbonyl (C=O) groups is 1. The highest BCUT2D eigenvalue weighted by molar-refractivity contribution is 5.85. The van der Waals surface area contributed by atoms with E-state index in [1.54, 1.807) is 0 Å². The lowest BCUT2D eigenvalue weighted by Crippen LogP contribution is -2.30. The fraction of sp³-hybridized carbons (Fsp3) is 0.500. The van der Waals surface area contributed by atoms with Gasteiger partial charge in [-0.05, 0) is 49.3 Å². The average Bonchev–Trinajstić information content (AvgIpc) is 2.39. The van der Waals surface area contributed by atoms with E-state index in [1.807, 2.05) is 10.6 Å². The molecular weight excluding hydrogens is 254 g/mol. The Labute approximate surface area is 118 Å². The van der Waals surface area contributed by atoms with E-state index in [1.165, 1.54) is 11.6 Å². The van der Waals surface area contributed by atoms with Crippen LogP contribution in [0.3, 0.4) is 0 Å². The van der Waals surface area contributed by atoms with Gasteiger partial charge in [0, 0.05) is 23.9 Å². The number of aliphatic carboxylic acids is 1. The van der Waals surface area contributed by atoms with Crippen molar-refractivity contribution in [2.24, 2.45) is 5.92 Å². The molecule has 1 aliphatic carbocycles. The zero-order chi connectivity index (χ0) is 14.7. The molecule has 0 bridgehead atoms. The van der Waals surface area contributed by atoms with Crippen molar-refractivity contribution in [3.8, 4) is 0 Å². The van der Waals surface area contributed by atoms with E-state index in [0.29, 0.717) is 18.0 Å². The highest BCUT2D eigenvalue weighted by Crippen LogP contribution is 2.21. The van der Waals surface area contributed by atoms with E-state index in [9.17, 15) is 9.59 Å². The van der Waals surface area contributed by atoms with Gasteiger partial charge >= 0.3 is 5.97 Å². The van der Waals surface area contributed by atoms with Gasteiger partial charge in [0.25, 0.3) is 5.56 Å². The number of rotatable bonds is 4. The second kappa shape index (κ2) is 6.07. The van der Waals surface area contributed by atoms with Gasteiger partial charge in [0.15, 0.2) is 0 Å². The number of aryl methyl sites for hydroxylation is 1. The molecule has 0 saturated carbocycles. The smallest absolute Gasteiger partial charge is 0.328 e. The predicted octanol–water partition coefficient (Wildman–Crippen LogP) is 2.48. The standard InChI is InChI=1S/C16H21NO3/c1-11(2)10-17-14-6-4-3-5-12(14)9-13(16(17)20)7-8-15(18)19/h7-9,11H,3-6,10H2,1-2H3,(H,18,19)/b8-7+. The fourth-order valence-corrected chi connectivity index (χ4v) is 2.74. The van der Waals surface area contributed by atoms with Crippen molar-refractivity contribution in [1.29, 1.82) is 0 Å². The van der Waals surface area contributed by atoms with Crippen molar-refractivity contribution in [1.82, 2.24) is 4.57 Å². The molecule has 4 heteroatoms. The maximum absolute atomic E-state index is 12.5. The summed E-state index contributed by atoms with van der Waals surface area (Å²) in [6.45, 7) is 4.86. The van der Waals surface area contributed by atoms with Gasteiger partial charge in [-0.2, -0.15) is 0 Å². The number of fused-ring (bicyclic) bond motifs is 1. The summed E-state index contributed by atoms with van der Waals surface area (Å²) in [4.78, 5) is 23.1. The minimum absolute atomic E-state index is 0.0724. The Bertz CT molecular complexity index is 596. The topological polar surface area (TPSA) is 59.3 Å². The van der Waals surface area contributed by atoms with Crippen LogP contribution in [0.15, 0.2) is 16.9 Å². The van der Waals surface area contributed by atoms with Crippen LogP contribution in [0.1, 0.15) is 43.5 Å². The normalized spacial score (nSPS) is 14.8. The molecule has 0 saturated heterocycles. The lowest BCUT2D eigenvalue weighted by Gasteiger charge is -2.23. The van der Waals surface area contributed by atoms with Crippen LogP contribution in [0.5, 0.6) is 0 Å². The van der Waals surface area contributed by atoms with Crippen LogP contribution in [0.2, 0.25) is 0 Å². The van der Waals surface area contributed by atoms with E-state index in [0.717, 1.165) is 37.5 Å². The molecule has 0 radical (unpaired) electrons. The molecule has 2 rings (SSSR count). The third kappa shape index (κ3) is 3.18. The molecule has 20 heavy (non-hydrogen) atoms. The van der Waals surface area contributed by atoms with Gasteiger partial charge in [-0.1, -0.05) is 13.8 Å². The van der Waals surface area contributed by atoms with Crippen LogP contribution < -0.4 is 5.56 Å². The van der Waals surface area contributed by atoms with Crippen molar-refractivity contribution in [3.63, 3.8) is 0 Å². The third-order valence-corrected chi connectivity index (χ3v) is 3.58. The molecule has 0 unspecified atom stereocenters. The average molecular weight is 275 g/mol. The van der Waals surface area contributed by atoms with Gasteiger partial charge in [0.2, 0.25) is 0 Å². The summed E-state index contributed by atoms with van der Waals surface area (Å²) in [7, 11) is 0. The lowest BCUT2D eigenvalue weighted by molar-refractivity contribution is -0.131. The molecule has 108 valence electrons. The molecule has 0 amide bonds. The zero-order valence-electron chi connectivity index (χ0n) is 12.1. The van der Waals surface area contributed by atoms with Crippen molar-refractivity contribution < 1.29 is 9.90 Å². The van der Waals surface area contributed by atoms with Gasteiger partial charge in [0.05, 0.1) is 0 Å². The molecule has 0 aromatic carbocycles. The first-order valence-electron chi connectivity index (χ1n) is 7.15. The summed E-state index contributed by atoms with van der Waals surface area (Å²) < 4.78 is 1.85. The van der Waals surface area contributed by atoms with Crippen LogP contribution >= 0.6 is 0 Å². The Morgan fingerprint density at radius 1 is 1.40 bits per heavy atom. The highest BCUT2D eigenvalue weighted by atomic mass is 16.4. The van der Waals surface area contributed by atoms with E-state index < -0.39 is 5.97 Å². The Hall–Kier alpha value is -1.84. The maximum Gasteiger partial charge on any atom is 0.328 e. The molecule has 1 aliphatic rings. The van der Waals surface area contributed by atoms with E-state index in [4.69, 9.17) is 5.11 Å². The van der Waals surface area contributed by atoms with Crippen LogP contribution in [0, 0.1) is 5.92 Å². The molecule has 0 aliphatic heterocycles. The van der Waals surface area contributed by atoms with Crippen LogP contribution in [0.25, 0.3) is 6.08 Å². The minimum Gasteiger partial charge on any atom is -0.478 e. The maximum atomic E-state index is 12.5. The number of carboxylic acids is 1. The van der Waals surface area contributed by atoms with Crippen molar-refractivity contribution in [2.45, 2.75) is 46.1 Å². The van der Waals surface area contributed by atoms with Gasteiger partial charge in [-0.25, -0.2) is 4.79 Å². The van der Waals surface area contributed by atoms with Crippen LogP contribution in [-0.4, -0.2) is 15.6 Å². The summed E-state index contributed by atoms with van der Waals surface area (Å²) in [5, 5.41) is 8.72. The Morgan fingerprint density at radius 3 is 2.75 bits per heavy atom. The first-order chi connectivity index (χ1) is 9.49. The fourth-order valence-electron chi connectivity index (χ4n) is 2.74. The van der Waals surface area contributed by atoms with Crippen molar-refractivity contribution in [3.05, 3.63) is 39.3 Å². The number of aromatic nitrogens is 1. The first-order valence-corrected chi connectivity index (χ1v) is 7.15. The monoisotopic (exact) mass is 275 g/mol. The lowest BCUT2D eigenvalue weighted by atomic mass is 9.94. The SMILES string of the molecule is CC(C)Cn1c2c(cc(/C=C/C(=O)O)c1=O)CCCC2. The van der Waals surface area contributed by atoms with Gasteiger partial charge < -0.3 is 9.67 Å². The summed E-state index contributed by atoms with van der Waals surface area (Å²) in [5.74, 6) is -0.644. The van der Waals surface area contributed by atoms with E-state index in [-0.39, 0.29) is 5.56 Å². The van der Waals surface area contributed by atoms with Gasteiger partial charge in [0.1, 0.15) is 0 Å². The number of pyridine rings is 1. The number of hydrogen-bond acceptors (Lipinski definition) is 2. The molecule has 1 aromatic rings. The molecule has 0 spiro atoms. The zero-order valence-corrected chi connectivity index (χ0v) is 12.1. The minimum atomic E-state index is -1.03. The van der Waals surface area contributed by atoms with Gasteiger partial charge in [-0.15, -0.1) is 0 Å². The molecule has 1 N–H and O–H groups in total. The second-order valence-corrected chi connectivity index (χ2v) is 5.76. The second-order valence-electron chi connectivity index (χ2n) is 5.76. The predicted molar refractivity (Wildman–Crippen MR) is 78.9 cm³/mol. The Morgan fingerprint density at radius 2 is 2.10 bits per heavy atom. The molecule has 0 fully saturated rings. The van der Waals surface area contributed by atoms with Crippen molar-refractivity contribution in [2.75, 3.05) is 0 Å². The summed E-state index contributed by atoms with van der Waals surface area (Å²) in [6, 6.07) is 1.87. The highest BCUT2D eigenvalue weighted by Gasteiger charge is 2.17. The van der Waals surface area contributed by atoms with E-state index in [2.05, 4.69) is 13.8 Å². The summed E-state index contributed by atoms with van der Waals surface area (Å²) in [5.41, 5.74) is 2.74. The number of nitrogens with zero attached hydrogens (tertiary/aromatic N) is 1. The molecule has 0 atom stereocenters. The summed E-state index contributed by atoms with van der Waals surface area (Å²) >= 11 is 0. The summed E-state index contributed by atoms with van der Waals surface area (Å²) in [6.07, 6.45) is 6.62. The third-order valence-electron chi connectivity index (χ3n) is 3.58. The van der Waals surface area contributed by atoms with Crippen molar-refractivity contribution >= 4 is 12.0 Å². The number of hydrogen-bond donors (Lipinski definition) is 1. The van der Waals surface area contributed by atoms with E-state index >= 15 is 0 Å². The molecule has 4 nitrogen and oxygen atoms in total. The van der Waals surface area contributed by atoms with Gasteiger partial charge in [-0.3, -0.25) is 4.79 Å². The van der Waals surface area contributed by atoms with Crippen LogP contribution in [0.4, 0.5) is 0 Å². The quantitative estimate of drug-likeness (QED) is 0.859. The molecular formula is C16H21NO3. The van der Waals surface area contributed by atoms with Crippen LogP contribution in [-0.2, 0) is 24.2 Å². The largest absolute Gasteiger partial charge is 0.478 e. The molecule has 1 heterocycles. The Kier molecular flexibility index (Phi) is 4.42. The molecule has 1 aromatic heterocycles. The number of carboxylic acid groups (broad SMARTS) is 1. The first kappa shape index (κ1) is 14.6. The Balaban J connectivity index is 2.54.